The van der Waals surface area contributed by atoms with Gasteiger partial charge in [-0.25, -0.2) is 0 Å². The van der Waals surface area contributed by atoms with Gasteiger partial charge in [0.2, 0.25) is 0 Å². The highest BCUT2D eigenvalue weighted by molar-refractivity contribution is 5.18. The minimum atomic E-state index is 0.491. The molecular weight excluding hydrogens is 242 g/mol. The lowest BCUT2D eigenvalue weighted by molar-refractivity contribution is 0.209. The van der Waals surface area contributed by atoms with Gasteiger partial charge in [0.15, 0.2) is 0 Å². The first kappa shape index (κ1) is 14.1. The van der Waals surface area contributed by atoms with Crippen LogP contribution in [0.5, 0.6) is 0 Å². The number of rotatable bonds is 4. The summed E-state index contributed by atoms with van der Waals surface area (Å²) in [6.45, 7) is 2.32. The molecule has 0 aliphatic heterocycles. The Morgan fingerprint density at radius 3 is 2.40 bits per heavy atom. The Morgan fingerprint density at radius 2 is 1.65 bits per heavy atom. The smallest absolute Gasteiger partial charge is 0.0294 e. The van der Waals surface area contributed by atoms with Gasteiger partial charge in [-0.15, -0.1) is 0 Å². The largest absolute Gasteiger partial charge is 0.307 e. The van der Waals surface area contributed by atoms with Crippen LogP contribution in [0.4, 0.5) is 0 Å². The predicted octanol–water partition coefficient (Wildman–Crippen LogP) is 5.09. The van der Waals surface area contributed by atoms with Crippen molar-refractivity contribution < 1.29 is 0 Å². The van der Waals surface area contributed by atoms with Crippen LogP contribution in [0.15, 0.2) is 30.3 Å². The van der Waals surface area contributed by atoms with Gasteiger partial charge < -0.3 is 5.32 Å². The predicted molar refractivity (Wildman–Crippen MR) is 85.7 cm³/mol. The SMILES string of the molecule is CC(NC1CCCC1C1CCCCC1)c1ccccc1. The highest BCUT2D eigenvalue weighted by Gasteiger charge is 2.34. The third-order valence-corrected chi connectivity index (χ3v) is 5.59. The van der Waals surface area contributed by atoms with Crippen molar-refractivity contribution in [3.63, 3.8) is 0 Å². The van der Waals surface area contributed by atoms with Crippen LogP contribution in [0.3, 0.4) is 0 Å². The van der Waals surface area contributed by atoms with Crippen molar-refractivity contribution in [2.45, 2.75) is 70.4 Å². The molecule has 0 aromatic heterocycles. The monoisotopic (exact) mass is 271 g/mol. The van der Waals surface area contributed by atoms with E-state index in [1.165, 1.54) is 56.9 Å². The van der Waals surface area contributed by atoms with Crippen LogP contribution in [0.2, 0.25) is 0 Å². The zero-order chi connectivity index (χ0) is 13.8. The van der Waals surface area contributed by atoms with Gasteiger partial charge in [-0.1, -0.05) is 68.9 Å². The molecule has 3 unspecified atom stereocenters. The van der Waals surface area contributed by atoms with E-state index in [1.807, 2.05) is 0 Å². The Labute approximate surface area is 124 Å². The number of nitrogens with one attached hydrogen (secondary N) is 1. The fourth-order valence-electron chi connectivity index (χ4n) is 4.48. The average molecular weight is 271 g/mol. The Bertz CT molecular complexity index is 393. The lowest BCUT2D eigenvalue weighted by Gasteiger charge is -2.33. The molecule has 1 aromatic rings. The third kappa shape index (κ3) is 3.25. The molecule has 2 saturated carbocycles. The molecule has 1 aromatic carbocycles. The maximum absolute atomic E-state index is 3.94. The fourth-order valence-corrected chi connectivity index (χ4v) is 4.48. The van der Waals surface area contributed by atoms with Crippen molar-refractivity contribution >= 4 is 0 Å². The molecule has 1 nitrogen and oxygen atoms in total. The Morgan fingerprint density at radius 1 is 0.900 bits per heavy atom. The molecule has 0 saturated heterocycles. The van der Waals surface area contributed by atoms with E-state index < -0.39 is 0 Å². The summed E-state index contributed by atoms with van der Waals surface area (Å²) in [6.07, 6.45) is 11.7. The van der Waals surface area contributed by atoms with E-state index in [1.54, 1.807) is 0 Å². The molecular formula is C19H29N. The Kier molecular flexibility index (Phi) is 4.77. The summed E-state index contributed by atoms with van der Waals surface area (Å²) in [6, 6.07) is 12.2. The molecule has 2 fully saturated rings. The second-order valence-electron chi connectivity index (χ2n) is 6.90. The second-order valence-corrected chi connectivity index (χ2v) is 6.90. The summed E-state index contributed by atoms with van der Waals surface area (Å²) in [5.41, 5.74) is 1.43. The van der Waals surface area contributed by atoms with Gasteiger partial charge in [-0.2, -0.15) is 0 Å². The van der Waals surface area contributed by atoms with E-state index in [-0.39, 0.29) is 0 Å². The minimum absolute atomic E-state index is 0.491. The van der Waals surface area contributed by atoms with Crippen molar-refractivity contribution in [3.05, 3.63) is 35.9 Å². The molecule has 20 heavy (non-hydrogen) atoms. The van der Waals surface area contributed by atoms with Crippen LogP contribution in [-0.4, -0.2) is 6.04 Å². The first-order chi connectivity index (χ1) is 9.84. The lowest BCUT2D eigenvalue weighted by Crippen LogP contribution is -2.38. The topological polar surface area (TPSA) is 12.0 Å². The quantitative estimate of drug-likeness (QED) is 0.804. The maximum atomic E-state index is 3.94. The van der Waals surface area contributed by atoms with E-state index in [9.17, 15) is 0 Å². The van der Waals surface area contributed by atoms with Gasteiger partial charge in [-0.3, -0.25) is 0 Å². The molecule has 1 N–H and O–H groups in total. The van der Waals surface area contributed by atoms with Gasteiger partial charge in [0.25, 0.3) is 0 Å². The van der Waals surface area contributed by atoms with Crippen molar-refractivity contribution in [1.82, 2.24) is 5.32 Å². The van der Waals surface area contributed by atoms with Crippen LogP contribution >= 0.6 is 0 Å². The second kappa shape index (κ2) is 6.76. The summed E-state index contributed by atoms with van der Waals surface area (Å²) in [4.78, 5) is 0. The first-order valence-electron chi connectivity index (χ1n) is 8.65. The molecule has 110 valence electrons. The van der Waals surface area contributed by atoms with Crippen LogP contribution in [0.1, 0.15) is 69.9 Å². The molecule has 3 atom stereocenters. The number of benzene rings is 1. The van der Waals surface area contributed by atoms with E-state index in [2.05, 4.69) is 42.6 Å². The Balaban J connectivity index is 1.61. The molecule has 1 heteroatoms. The number of hydrogen-bond acceptors (Lipinski definition) is 1. The molecule has 0 spiro atoms. The zero-order valence-corrected chi connectivity index (χ0v) is 12.9. The van der Waals surface area contributed by atoms with Gasteiger partial charge in [-0.05, 0) is 37.2 Å². The van der Waals surface area contributed by atoms with E-state index in [0.717, 1.165) is 17.9 Å². The molecule has 0 bridgehead atoms. The molecule has 0 amide bonds. The van der Waals surface area contributed by atoms with Crippen LogP contribution in [-0.2, 0) is 0 Å². The summed E-state index contributed by atoms with van der Waals surface area (Å²) >= 11 is 0. The minimum Gasteiger partial charge on any atom is -0.307 e. The first-order valence-corrected chi connectivity index (χ1v) is 8.65. The highest BCUT2D eigenvalue weighted by Crippen LogP contribution is 2.40. The highest BCUT2D eigenvalue weighted by atomic mass is 15.0. The summed E-state index contributed by atoms with van der Waals surface area (Å²) in [5, 5.41) is 3.94. The van der Waals surface area contributed by atoms with Crippen molar-refractivity contribution in [3.8, 4) is 0 Å². The van der Waals surface area contributed by atoms with Crippen LogP contribution < -0.4 is 5.32 Å². The van der Waals surface area contributed by atoms with Crippen molar-refractivity contribution in [1.29, 1.82) is 0 Å². The van der Waals surface area contributed by atoms with E-state index >= 15 is 0 Å². The fraction of sp³-hybridized carbons (Fsp3) is 0.684. The van der Waals surface area contributed by atoms with Crippen molar-refractivity contribution in [2.75, 3.05) is 0 Å². The van der Waals surface area contributed by atoms with Gasteiger partial charge in [0.05, 0.1) is 0 Å². The van der Waals surface area contributed by atoms with E-state index in [4.69, 9.17) is 0 Å². The average Bonchev–Trinajstić information content (AvgIpc) is 2.97. The van der Waals surface area contributed by atoms with Crippen molar-refractivity contribution in [2.24, 2.45) is 11.8 Å². The normalized spacial score (nSPS) is 29.4. The maximum Gasteiger partial charge on any atom is 0.0294 e. The summed E-state index contributed by atoms with van der Waals surface area (Å²) in [5.74, 6) is 1.95. The zero-order valence-electron chi connectivity index (χ0n) is 12.9. The number of hydrogen-bond donors (Lipinski definition) is 1. The molecule has 2 aliphatic carbocycles. The van der Waals surface area contributed by atoms with Gasteiger partial charge in [0, 0.05) is 12.1 Å². The van der Waals surface area contributed by atoms with Crippen LogP contribution in [0, 0.1) is 11.8 Å². The molecule has 0 heterocycles. The lowest BCUT2D eigenvalue weighted by atomic mass is 9.77. The van der Waals surface area contributed by atoms with E-state index in [0.29, 0.717) is 6.04 Å². The third-order valence-electron chi connectivity index (χ3n) is 5.59. The Hall–Kier alpha value is -0.820. The summed E-state index contributed by atoms with van der Waals surface area (Å²) < 4.78 is 0. The van der Waals surface area contributed by atoms with Gasteiger partial charge >= 0.3 is 0 Å². The standard InChI is InChI=1S/C19H29N/c1-15(16-9-4-2-5-10-16)20-19-14-8-13-18(19)17-11-6-3-7-12-17/h2,4-5,9-10,15,17-20H,3,6-8,11-14H2,1H3. The molecule has 0 radical (unpaired) electrons. The molecule has 3 rings (SSSR count). The van der Waals surface area contributed by atoms with Crippen LogP contribution in [0.25, 0.3) is 0 Å². The molecule has 2 aliphatic rings. The van der Waals surface area contributed by atoms with Gasteiger partial charge in [0.1, 0.15) is 0 Å². The summed E-state index contributed by atoms with van der Waals surface area (Å²) in [7, 11) is 0.